The first-order valence-electron chi connectivity index (χ1n) is 8.67. The number of fused-ring (bicyclic) bond motifs is 1. The predicted octanol–water partition coefficient (Wildman–Crippen LogP) is 5.03. The molecule has 0 bridgehead atoms. The number of rotatable bonds is 4. The van der Waals surface area contributed by atoms with Crippen LogP contribution in [0.1, 0.15) is 21.5 Å². The molecule has 3 aromatic rings. The van der Waals surface area contributed by atoms with E-state index >= 15 is 0 Å². The third-order valence-electron chi connectivity index (χ3n) is 4.32. The summed E-state index contributed by atoms with van der Waals surface area (Å²) < 4.78 is 35.7. The van der Waals surface area contributed by atoms with Gasteiger partial charge in [0.1, 0.15) is 16.4 Å². The van der Waals surface area contributed by atoms with E-state index in [0.717, 1.165) is 11.1 Å². The molecule has 0 atom stereocenters. The van der Waals surface area contributed by atoms with Gasteiger partial charge in [0.05, 0.1) is 5.56 Å². The van der Waals surface area contributed by atoms with E-state index in [1.54, 1.807) is 6.08 Å². The van der Waals surface area contributed by atoms with Gasteiger partial charge in [0.15, 0.2) is 5.76 Å². The van der Waals surface area contributed by atoms with Crippen molar-refractivity contribution >= 4 is 33.6 Å². The fraction of sp³-hybridized carbons (Fsp3) is 0.0455. The number of ether oxygens (including phenoxy) is 1. The molecule has 7 heteroatoms. The highest BCUT2D eigenvalue weighted by atomic mass is 35.5. The SMILES string of the molecule is Cc1ccc(C=C2Oc3cc(OS(=O)(=O)c4ccc(Cl)cc4)ccc3C2=O)cc1. The van der Waals surface area contributed by atoms with E-state index in [1.165, 1.54) is 42.5 Å². The standard InChI is InChI=1S/C22H15ClO5S/c1-14-2-4-15(5-3-14)12-21-22(24)19-11-8-17(13-20(19)27-21)28-29(25,26)18-9-6-16(23)7-10-18/h2-13H,1H3. The summed E-state index contributed by atoms with van der Waals surface area (Å²) in [6, 6.07) is 17.6. The van der Waals surface area contributed by atoms with Gasteiger partial charge in [-0.2, -0.15) is 8.42 Å². The minimum absolute atomic E-state index is 0.0284. The number of ketones is 1. The van der Waals surface area contributed by atoms with Crippen molar-refractivity contribution in [2.45, 2.75) is 11.8 Å². The van der Waals surface area contributed by atoms with Gasteiger partial charge in [0.25, 0.3) is 0 Å². The second kappa shape index (κ2) is 7.39. The molecular formula is C22H15ClO5S. The average Bonchev–Trinajstić information content (AvgIpc) is 2.98. The van der Waals surface area contributed by atoms with Crippen LogP contribution in [0.2, 0.25) is 5.02 Å². The Morgan fingerprint density at radius 3 is 2.34 bits per heavy atom. The van der Waals surface area contributed by atoms with Crippen LogP contribution in [0.15, 0.2) is 77.4 Å². The van der Waals surface area contributed by atoms with Crippen molar-refractivity contribution in [1.82, 2.24) is 0 Å². The number of allylic oxidation sites excluding steroid dienone is 1. The molecule has 0 radical (unpaired) electrons. The molecule has 0 unspecified atom stereocenters. The molecule has 146 valence electrons. The molecule has 4 rings (SSSR count). The third kappa shape index (κ3) is 4.04. The maximum Gasteiger partial charge on any atom is 0.339 e. The monoisotopic (exact) mass is 426 g/mol. The van der Waals surface area contributed by atoms with Gasteiger partial charge >= 0.3 is 10.1 Å². The number of Topliss-reactive ketones (excluding diaryl/α,β-unsaturated/α-hetero) is 1. The lowest BCUT2D eigenvalue weighted by molar-refractivity contribution is 0.101. The second-order valence-corrected chi connectivity index (χ2v) is 8.48. The highest BCUT2D eigenvalue weighted by molar-refractivity contribution is 7.87. The molecule has 0 saturated heterocycles. The smallest absolute Gasteiger partial charge is 0.339 e. The number of carbonyl (C=O) groups is 1. The molecule has 29 heavy (non-hydrogen) atoms. The van der Waals surface area contributed by atoms with Gasteiger partial charge in [-0.3, -0.25) is 4.79 Å². The Morgan fingerprint density at radius 1 is 0.966 bits per heavy atom. The lowest BCUT2D eigenvalue weighted by Crippen LogP contribution is -2.09. The molecule has 0 spiro atoms. The Balaban J connectivity index is 1.59. The molecule has 0 fully saturated rings. The zero-order valence-electron chi connectivity index (χ0n) is 15.3. The maximum absolute atomic E-state index is 12.6. The van der Waals surface area contributed by atoms with Crippen LogP contribution in [-0.4, -0.2) is 14.2 Å². The summed E-state index contributed by atoms with van der Waals surface area (Å²) in [5.74, 6) is 0.189. The van der Waals surface area contributed by atoms with E-state index in [2.05, 4.69) is 0 Å². The normalized spacial score (nSPS) is 14.6. The quantitative estimate of drug-likeness (QED) is 0.432. The summed E-state index contributed by atoms with van der Waals surface area (Å²) in [7, 11) is -4.04. The Bertz CT molecular complexity index is 1230. The summed E-state index contributed by atoms with van der Waals surface area (Å²) in [6.45, 7) is 1.98. The van der Waals surface area contributed by atoms with Crippen molar-refractivity contribution in [2.24, 2.45) is 0 Å². The highest BCUT2D eigenvalue weighted by Crippen LogP contribution is 2.35. The number of halogens is 1. The largest absolute Gasteiger partial charge is 0.452 e. The van der Waals surface area contributed by atoms with Crippen LogP contribution in [0.3, 0.4) is 0 Å². The molecule has 3 aromatic carbocycles. The summed E-state index contributed by atoms with van der Waals surface area (Å²) >= 11 is 5.79. The van der Waals surface area contributed by atoms with Crippen molar-refractivity contribution < 1.29 is 22.1 Å². The van der Waals surface area contributed by atoms with E-state index in [1.807, 2.05) is 31.2 Å². The van der Waals surface area contributed by atoms with Crippen LogP contribution in [0, 0.1) is 6.92 Å². The summed E-state index contributed by atoms with van der Waals surface area (Å²) in [4.78, 5) is 12.5. The molecular weight excluding hydrogens is 412 g/mol. The van der Waals surface area contributed by atoms with E-state index in [4.69, 9.17) is 20.5 Å². The minimum atomic E-state index is -4.04. The fourth-order valence-electron chi connectivity index (χ4n) is 2.81. The molecule has 1 heterocycles. The Hall–Kier alpha value is -3.09. The summed E-state index contributed by atoms with van der Waals surface area (Å²) in [6.07, 6.45) is 1.65. The van der Waals surface area contributed by atoms with Crippen LogP contribution in [0.5, 0.6) is 11.5 Å². The van der Waals surface area contributed by atoms with Gasteiger partial charge in [-0.05, 0) is 55.0 Å². The molecule has 1 aliphatic rings. The molecule has 0 N–H and O–H groups in total. The van der Waals surface area contributed by atoms with Gasteiger partial charge in [0, 0.05) is 11.1 Å². The molecule has 0 aromatic heterocycles. The molecule has 1 aliphatic heterocycles. The fourth-order valence-corrected chi connectivity index (χ4v) is 3.86. The lowest BCUT2D eigenvalue weighted by atomic mass is 10.1. The summed E-state index contributed by atoms with van der Waals surface area (Å²) in [5, 5.41) is 0.418. The topological polar surface area (TPSA) is 69.7 Å². The van der Waals surface area contributed by atoms with Crippen molar-refractivity contribution in [3.63, 3.8) is 0 Å². The van der Waals surface area contributed by atoms with Crippen LogP contribution in [0.25, 0.3) is 6.08 Å². The number of carbonyl (C=O) groups excluding carboxylic acids is 1. The first-order valence-corrected chi connectivity index (χ1v) is 10.5. The van der Waals surface area contributed by atoms with Crippen LogP contribution >= 0.6 is 11.6 Å². The second-order valence-electron chi connectivity index (χ2n) is 6.50. The third-order valence-corrected chi connectivity index (χ3v) is 5.84. The molecule has 0 saturated carbocycles. The molecule has 5 nitrogen and oxygen atoms in total. The lowest BCUT2D eigenvalue weighted by Gasteiger charge is -2.08. The zero-order valence-corrected chi connectivity index (χ0v) is 16.8. The first-order chi connectivity index (χ1) is 13.8. The van der Waals surface area contributed by atoms with Gasteiger partial charge in [0.2, 0.25) is 5.78 Å². The van der Waals surface area contributed by atoms with Crippen molar-refractivity contribution in [3.05, 3.63) is 94.2 Å². The van der Waals surface area contributed by atoms with Crippen LogP contribution in [0.4, 0.5) is 0 Å². The molecule has 0 amide bonds. The van der Waals surface area contributed by atoms with Crippen LogP contribution in [-0.2, 0) is 10.1 Å². The first kappa shape index (κ1) is 19.2. The van der Waals surface area contributed by atoms with Crippen molar-refractivity contribution in [3.8, 4) is 11.5 Å². The minimum Gasteiger partial charge on any atom is -0.452 e. The van der Waals surface area contributed by atoms with Gasteiger partial charge in [-0.1, -0.05) is 41.4 Å². The predicted molar refractivity (Wildman–Crippen MR) is 110 cm³/mol. The summed E-state index contributed by atoms with van der Waals surface area (Å²) in [5.41, 5.74) is 2.28. The van der Waals surface area contributed by atoms with E-state index in [-0.39, 0.29) is 27.9 Å². The Labute approximate surface area is 173 Å². The van der Waals surface area contributed by atoms with Gasteiger partial charge in [-0.15, -0.1) is 0 Å². The molecule has 0 aliphatic carbocycles. The van der Waals surface area contributed by atoms with Crippen LogP contribution < -0.4 is 8.92 Å². The van der Waals surface area contributed by atoms with E-state index in [0.29, 0.717) is 10.6 Å². The maximum atomic E-state index is 12.6. The number of benzene rings is 3. The Morgan fingerprint density at radius 2 is 1.66 bits per heavy atom. The van der Waals surface area contributed by atoms with Crippen molar-refractivity contribution in [1.29, 1.82) is 0 Å². The van der Waals surface area contributed by atoms with E-state index in [9.17, 15) is 13.2 Å². The zero-order chi connectivity index (χ0) is 20.6. The number of hydrogen-bond donors (Lipinski definition) is 0. The highest BCUT2D eigenvalue weighted by Gasteiger charge is 2.28. The van der Waals surface area contributed by atoms with Gasteiger partial charge in [-0.25, -0.2) is 0 Å². The number of aryl methyl sites for hydroxylation is 1. The number of hydrogen-bond acceptors (Lipinski definition) is 5. The Kier molecular flexibility index (Phi) is 4.90. The van der Waals surface area contributed by atoms with E-state index < -0.39 is 10.1 Å². The van der Waals surface area contributed by atoms with Gasteiger partial charge < -0.3 is 8.92 Å². The average molecular weight is 427 g/mol. The van der Waals surface area contributed by atoms with Crippen molar-refractivity contribution in [2.75, 3.05) is 0 Å².